The summed E-state index contributed by atoms with van der Waals surface area (Å²) in [5.74, 6) is -0.580. The molecule has 38 heavy (non-hydrogen) atoms. The largest absolute Gasteiger partial charge is 0.497 e. The fourth-order valence-corrected chi connectivity index (χ4v) is 4.33. The number of anilines is 1. The maximum atomic E-state index is 13.6. The summed E-state index contributed by atoms with van der Waals surface area (Å²) in [6, 6.07) is 17.1. The molecule has 0 spiro atoms. The van der Waals surface area contributed by atoms with Crippen molar-refractivity contribution in [3.05, 3.63) is 83.6 Å². The number of methoxy groups -OCH3 is 1. The van der Waals surface area contributed by atoms with Crippen LogP contribution >= 0.6 is 0 Å². The van der Waals surface area contributed by atoms with E-state index in [9.17, 15) is 27.9 Å². The summed E-state index contributed by atoms with van der Waals surface area (Å²) < 4.78 is 51.7. The topological polar surface area (TPSA) is 89.8 Å². The number of hydrogen-bond donors (Lipinski definition) is 2. The minimum atomic E-state index is -4.65. The maximum Gasteiger partial charge on any atom is 0.482 e. The van der Waals surface area contributed by atoms with Gasteiger partial charge in [0.1, 0.15) is 11.5 Å². The van der Waals surface area contributed by atoms with Crippen molar-refractivity contribution < 1.29 is 37.3 Å². The SMILES string of the molecule is CCC(Oc1cccc(-n2c(C)c(C(=O)c3ccc(OC)cc3)c3ccc(NC(F)(F)F)cc32)c1)C(=O)O. The maximum absolute atomic E-state index is 13.6. The van der Waals surface area contributed by atoms with Gasteiger partial charge in [-0.2, -0.15) is 13.2 Å². The second kappa shape index (κ2) is 10.5. The summed E-state index contributed by atoms with van der Waals surface area (Å²) in [6.07, 6.45) is -5.48. The number of nitrogens with one attached hydrogen (secondary N) is 1. The Morgan fingerprint density at radius 1 is 1.03 bits per heavy atom. The van der Waals surface area contributed by atoms with Gasteiger partial charge in [0.05, 0.1) is 18.2 Å². The van der Waals surface area contributed by atoms with Crippen molar-refractivity contribution in [2.45, 2.75) is 32.7 Å². The minimum absolute atomic E-state index is 0.198. The summed E-state index contributed by atoms with van der Waals surface area (Å²) in [7, 11) is 1.51. The highest BCUT2D eigenvalue weighted by Gasteiger charge is 2.28. The molecule has 0 saturated heterocycles. The van der Waals surface area contributed by atoms with E-state index in [1.54, 1.807) is 66.9 Å². The molecule has 3 aromatic carbocycles. The minimum Gasteiger partial charge on any atom is -0.497 e. The number of fused-ring (bicyclic) bond motifs is 1. The Balaban J connectivity index is 1.89. The van der Waals surface area contributed by atoms with E-state index in [0.29, 0.717) is 39.2 Å². The number of rotatable bonds is 9. The molecule has 1 heterocycles. The zero-order valence-corrected chi connectivity index (χ0v) is 20.8. The first-order chi connectivity index (χ1) is 18.0. The van der Waals surface area contributed by atoms with Crippen LogP contribution in [0.2, 0.25) is 0 Å². The predicted molar refractivity (Wildman–Crippen MR) is 136 cm³/mol. The zero-order valence-electron chi connectivity index (χ0n) is 20.8. The fraction of sp³-hybridized carbons (Fsp3) is 0.214. The molecule has 1 unspecified atom stereocenters. The Morgan fingerprint density at radius 3 is 2.34 bits per heavy atom. The number of carboxylic acid groups (broad SMARTS) is 1. The number of carbonyl (C=O) groups is 2. The molecule has 0 amide bonds. The highest BCUT2D eigenvalue weighted by atomic mass is 19.4. The Labute approximate surface area is 216 Å². The van der Waals surface area contributed by atoms with E-state index in [2.05, 4.69) is 0 Å². The summed E-state index contributed by atoms with van der Waals surface area (Å²) in [4.78, 5) is 25.1. The van der Waals surface area contributed by atoms with Crippen molar-refractivity contribution >= 4 is 28.3 Å². The number of ether oxygens (including phenoxy) is 2. The van der Waals surface area contributed by atoms with E-state index in [0.717, 1.165) is 0 Å². The number of halogens is 3. The normalized spacial score (nSPS) is 12.3. The Kier molecular flexibility index (Phi) is 7.34. The lowest BCUT2D eigenvalue weighted by Crippen LogP contribution is -2.25. The fourth-order valence-electron chi connectivity index (χ4n) is 4.33. The van der Waals surface area contributed by atoms with Crippen LogP contribution in [0.1, 0.15) is 35.0 Å². The van der Waals surface area contributed by atoms with E-state index in [1.807, 2.05) is 0 Å². The number of benzene rings is 3. The highest BCUT2D eigenvalue weighted by Crippen LogP contribution is 2.35. The second-order valence-corrected chi connectivity index (χ2v) is 8.56. The average molecular weight is 527 g/mol. The van der Waals surface area contributed by atoms with Gasteiger partial charge in [0.2, 0.25) is 0 Å². The monoisotopic (exact) mass is 526 g/mol. The van der Waals surface area contributed by atoms with Crippen LogP contribution in [0.25, 0.3) is 16.6 Å². The Bertz CT molecular complexity index is 1490. The van der Waals surface area contributed by atoms with Crippen molar-refractivity contribution in [3.8, 4) is 17.2 Å². The molecule has 1 atom stereocenters. The van der Waals surface area contributed by atoms with Gasteiger partial charge in [-0.05, 0) is 61.9 Å². The summed E-state index contributed by atoms with van der Waals surface area (Å²) >= 11 is 0. The number of hydrogen-bond acceptors (Lipinski definition) is 5. The van der Waals surface area contributed by atoms with E-state index < -0.39 is 18.4 Å². The van der Waals surface area contributed by atoms with Gasteiger partial charge in [-0.25, -0.2) is 4.79 Å². The van der Waals surface area contributed by atoms with Gasteiger partial charge in [-0.1, -0.05) is 19.1 Å². The van der Waals surface area contributed by atoms with Gasteiger partial charge in [-0.15, -0.1) is 0 Å². The number of aliphatic carboxylic acids is 1. The van der Waals surface area contributed by atoms with Gasteiger partial charge in [0.15, 0.2) is 11.9 Å². The lowest BCUT2D eigenvalue weighted by atomic mass is 10.00. The van der Waals surface area contributed by atoms with E-state index in [1.165, 1.54) is 30.6 Å². The Morgan fingerprint density at radius 2 is 1.74 bits per heavy atom. The van der Waals surface area contributed by atoms with Gasteiger partial charge in [0.25, 0.3) is 0 Å². The first-order valence-electron chi connectivity index (χ1n) is 11.7. The molecule has 0 fully saturated rings. The van der Waals surface area contributed by atoms with E-state index in [-0.39, 0.29) is 23.6 Å². The molecule has 10 heteroatoms. The molecular weight excluding hydrogens is 501 g/mol. The van der Waals surface area contributed by atoms with Gasteiger partial charge in [0, 0.05) is 34.1 Å². The van der Waals surface area contributed by atoms with E-state index in [4.69, 9.17) is 9.47 Å². The molecule has 0 aliphatic rings. The molecule has 0 aliphatic heterocycles. The molecule has 0 aliphatic carbocycles. The third-order valence-electron chi connectivity index (χ3n) is 6.07. The van der Waals surface area contributed by atoms with Gasteiger partial charge < -0.3 is 19.1 Å². The van der Waals surface area contributed by atoms with Crippen LogP contribution in [0.3, 0.4) is 0 Å². The zero-order chi connectivity index (χ0) is 27.6. The van der Waals surface area contributed by atoms with Gasteiger partial charge >= 0.3 is 12.3 Å². The smallest absolute Gasteiger partial charge is 0.482 e. The lowest BCUT2D eigenvalue weighted by Gasteiger charge is -2.16. The number of ketones is 1. The van der Waals surface area contributed by atoms with Crippen molar-refractivity contribution in [3.63, 3.8) is 0 Å². The number of carboxylic acids is 1. The predicted octanol–water partition coefficient (Wildman–Crippen LogP) is 6.35. The number of carbonyl (C=O) groups excluding carboxylic acids is 1. The molecule has 7 nitrogen and oxygen atoms in total. The van der Waals surface area contributed by atoms with Crippen molar-refractivity contribution in [1.82, 2.24) is 4.57 Å². The van der Waals surface area contributed by atoms with Crippen LogP contribution in [-0.4, -0.2) is 40.9 Å². The standard InChI is InChI=1S/C28H25F3N2O5/c1-4-24(27(35)36)38-21-7-5-6-19(15-21)33-16(2)25(26(34)17-8-11-20(37-3)12-9-17)22-13-10-18(14-23(22)33)32-28(29,30)31/h5-15,24,32H,4H2,1-3H3,(H,35,36). The average Bonchev–Trinajstić information content (AvgIpc) is 3.16. The van der Waals surface area contributed by atoms with E-state index >= 15 is 0 Å². The van der Waals surface area contributed by atoms with Crippen LogP contribution in [0.15, 0.2) is 66.7 Å². The molecule has 2 N–H and O–H groups in total. The third kappa shape index (κ3) is 5.44. The van der Waals surface area contributed by atoms with Gasteiger partial charge in [-0.3, -0.25) is 10.1 Å². The third-order valence-corrected chi connectivity index (χ3v) is 6.07. The molecular formula is C28H25F3N2O5. The summed E-state index contributed by atoms with van der Waals surface area (Å²) in [6.45, 7) is 3.38. The first-order valence-corrected chi connectivity index (χ1v) is 11.7. The van der Waals surface area contributed by atoms with Crippen molar-refractivity contribution in [2.24, 2.45) is 0 Å². The van der Waals surface area contributed by atoms with Crippen LogP contribution in [0, 0.1) is 6.92 Å². The van der Waals surface area contributed by atoms with Crippen LogP contribution < -0.4 is 14.8 Å². The molecule has 1 aromatic heterocycles. The van der Waals surface area contributed by atoms with Crippen LogP contribution in [0.4, 0.5) is 18.9 Å². The first kappa shape index (κ1) is 26.6. The molecule has 0 saturated carbocycles. The molecule has 4 aromatic rings. The van der Waals surface area contributed by atoms with Crippen LogP contribution in [0.5, 0.6) is 11.5 Å². The molecule has 0 bridgehead atoms. The lowest BCUT2D eigenvalue weighted by molar-refractivity contribution is -0.145. The molecule has 0 radical (unpaired) electrons. The quantitative estimate of drug-likeness (QED) is 0.195. The summed E-state index contributed by atoms with van der Waals surface area (Å²) in [5, 5.41) is 11.3. The number of alkyl halides is 3. The number of nitrogens with zero attached hydrogens (tertiary/aromatic N) is 1. The second-order valence-electron chi connectivity index (χ2n) is 8.56. The van der Waals surface area contributed by atoms with Crippen LogP contribution in [-0.2, 0) is 4.79 Å². The van der Waals surface area contributed by atoms with Crippen molar-refractivity contribution in [1.29, 1.82) is 0 Å². The Hall–Kier alpha value is -4.47. The van der Waals surface area contributed by atoms with Crippen molar-refractivity contribution in [2.75, 3.05) is 12.4 Å². The highest BCUT2D eigenvalue weighted by molar-refractivity contribution is 6.18. The molecule has 198 valence electrons. The summed E-state index contributed by atoms with van der Waals surface area (Å²) in [5.41, 5.74) is 1.85. The molecule has 4 rings (SSSR count). The number of aromatic nitrogens is 1.